The molecule has 1 unspecified atom stereocenters. The number of amides is 1. The number of carbonyl (C=O) groups excluding carboxylic acids is 2. The molecule has 5 nitrogen and oxygen atoms in total. The molecule has 7 heteroatoms. The van der Waals surface area contributed by atoms with Crippen molar-refractivity contribution < 1.29 is 27.9 Å². The zero-order chi connectivity index (χ0) is 16.8. The van der Waals surface area contributed by atoms with Crippen molar-refractivity contribution in [1.29, 1.82) is 0 Å². The zero-order valence-corrected chi connectivity index (χ0v) is 12.1. The van der Waals surface area contributed by atoms with Crippen LogP contribution >= 0.6 is 0 Å². The van der Waals surface area contributed by atoms with Gasteiger partial charge < -0.3 is 14.8 Å². The number of Topliss-reactive ketones (excluding diaryl/α,β-unsaturated/α-hetero) is 1. The van der Waals surface area contributed by atoms with Gasteiger partial charge in [-0.1, -0.05) is 0 Å². The quantitative estimate of drug-likeness (QED) is 0.767. The van der Waals surface area contributed by atoms with E-state index in [0.29, 0.717) is 11.8 Å². The Kier molecular flexibility index (Phi) is 5.59. The van der Waals surface area contributed by atoms with Gasteiger partial charge >= 0.3 is 0 Å². The first-order valence-electron chi connectivity index (χ1n) is 6.93. The van der Waals surface area contributed by atoms with E-state index in [9.17, 15) is 23.5 Å². The second-order valence-corrected chi connectivity index (χ2v) is 4.87. The maximum absolute atomic E-state index is 13.5. The number of aliphatic hydroxyl groups is 1. The Labute approximate surface area is 130 Å². The summed E-state index contributed by atoms with van der Waals surface area (Å²) >= 11 is 0. The smallest absolute Gasteiger partial charge is 0.221 e. The van der Waals surface area contributed by atoms with Crippen LogP contribution in [0.1, 0.15) is 35.0 Å². The SMILES string of the molecule is O=C(CCC(=O)c1ccc(F)cc1F)NC(CO)c1ccco1. The topological polar surface area (TPSA) is 79.5 Å². The van der Waals surface area contributed by atoms with E-state index in [1.165, 1.54) is 6.26 Å². The zero-order valence-electron chi connectivity index (χ0n) is 12.1. The molecule has 0 aliphatic rings. The summed E-state index contributed by atoms with van der Waals surface area (Å²) in [6.07, 6.45) is 0.989. The lowest BCUT2D eigenvalue weighted by atomic mass is 10.1. The van der Waals surface area contributed by atoms with Crippen molar-refractivity contribution in [3.63, 3.8) is 0 Å². The van der Waals surface area contributed by atoms with Crippen LogP contribution in [0, 0.1) is 11.6 Å². The molecule has 122 valence electrons. The van der Waals surface area contributed by atoms with Gasteiger partial charge in [0, 0.05) is 18.9 Å². The van der Waals surface area contributed by atoms with Crippen LogP contribution in [0.3, 0.4) is 0 Å². The third kappa shape index (κ3) is 4.46. The minimum Gasteiger partial charge on any atom is -0.467 e. The highest BCUT2D eigenvalue weighted by Gasteiger charge is 2.18. The first-order valence-corrected chi connectivity index (χ1v) is 6.93. The lowest BCUT2D eigenvalue weighted by Crippen LogP contribution is -2.30. The fourth-order valence-electron chi connectivity index (χ4n) is 2.04. The summed E-state index contributed by atoms with van der Waals surface area (Å²) in [5.41, 5.74) is -0.260. The second-order valence-electron chi connectivity index (χ2n) is 4.87. The highest BCUT2D eigenvalue weighted by Crippen LogP contribution is 2.15. The van der Waals surface area contributed by atoms with Crippen molar-refractivity contribution in [2.45, 2.75) is 18.9 Å². The van der Waals surface area contributed by atoms with Gasteiger partial charge in [0.1, 0.15) is 23.4 Å². The maximum Gasteiger partial charge on any atom is 0.221 e. The van der Waals surface area contributed by atoms with E-state index >= 15 is 0 Å². The Morgan fingerprint density at radius 3 is 2.61 bits per heavy atom. The molecular formula is C16H15F2NO4. The van der Waals surface area contributed by atoms with E-state index in [0.717, 1.165) is 12.1 Å². The number of hydrogen-bond donors (Lipinski definition) is 2. The van der Waals surface area contributed by atoms with Crippen molar-refractivity contribution in [2.24, 2.45) is 0 Å². The number of rotatable bonds is 7. The van der Waals surface area contributed by atoms with Crippen LogP contribution < -0.4 is 5.32 Å². The summed E-state index contributed by atoms with van der Waals surface area (Å²) in [4.78, 5) is 23.7. The summed E-state index contributed by atoms with van der Waals surface area (Å²) in [6, 6.07) is 5.14. The third-order valence-corrected chi connectivity index (χ3v) is 3.22. The summed E-state index contributed by atoms with van der Waals surface area (Å²) in [5, 5.41) is 11.7. The molecule has 0 radical (unpaired) electrons. The standard InChI is InChI=1S/C16H15F2NO4/c17-10-3-4-11(12(18)8-10)14(21)5-6-16(22)19-13(9-20)15-2-1-7-23-15/h1-4,7-8,13,20H,5-6,9H2,(H,19,22). The van der Waals surface area contributed by atoms with E-state index in [-0.39, 0.29) is 25.0 Å². The van der Waals surface area contributed by atoms with E-state index in [4.69, 9.17) is 4.42 Å². The largest absolute Gasteiger partial charge is 0.467 e. The summed E-state index contributed by atoms with van der Waals surface area (Å²) in [7, 11) is 0. The van der Waals surface area contributed by atoms with Crippen molar-refractivity contribution in [3.05, 3.63) is 59.6 Å². The normalized spacial score (nSPS) is 12.0. The van der Waals surface area contributed by atoms with Gasteiger partial charge in [0.2, 0.25) is 5.91 Å². The molecule has 0 spiro atoms. The average molecular weight is 323 g/mol. The Hall–Kier alpha value is -2.54. The van der Waals surface area contributed by atoms with Crippen LogP contribution in [-0.2, 0) is 4.79 Å². The highest BCUT2D eigenvalue weighted by atomic mass is 19.1. The van der Waals surface area contributed by atoms with Gasteiger partial charge in [0.25, 0.3) is 0 Å². The minimum absolute atomic E-state index is 0.188. The number of benzene rings is 1. The van der Waals surface area contributed by atoms with Gasteiger partial charge in [-0.25, -0.2) is 8.78 Å². The monoisotopic (exact) mass is 323 g/mol. The second kappa shape index (κ2) is 7.64. The molecule has 1 atom stereocenters. The van der Waals surface area contributed by atoms with Crippen molar-refractivity contribution in [3.8, 4) is 0 Å². The van der Waals surface area contributed by atoms with Gasteiger partial charge in [-0.2, -0.15) is 0 Å². The molecule has 1 aromatic carbocycles. The molecule has 2 N–H and O–H groups in total. The first kappa shape index (κ1) is 16.8. The van der Waals surface area contributed by atoms with Crippen LogP contribution in [0.15, 0.2) is 41.0 Å². The van der Waals surface area contributed by atoms with Crippen LogP contribution in [0.25, 0.3) is 0 Å². The lowest BCUT2D eigenvalue weighted by molar-refractivity contribution is -0.122. The molecule has 1 aromatic heterocycles. The van der Waals surface area contributed by atoms with Crippen LogP contribution in [0.5, 0.6) is 0 Å². The predicted octanol–water partition coefficient (Wildman–Crippen LogP) is 2.37. The summed E-state index contributed by atoms with van der Waals surface area (Å²) in [5.74, 6) is -2.44. The number of nitrogens with one attached hydrogen (secondary N) is 1. The minimum atomic E-state index is -0.959. The molecule has 0 saturated heterocycles. The van der Waals surface area contributed by atoms with Gasteiger partial charge in [0.15, 0.2) is 5.78 Å². The van der Waals surface area contributed by atoms with E-state index in [2.05, 4.69) is 5.32 Å². The third-order valence-electron chi connectivity index (χ3n) is 3.22. The van der Waals surface area contributed by atoms with Gasteiger partial charge in [0.05, 0.1) is 18.4 Å². The highest BCUT2D eigenvalue weighted by molar-refractivity contribution is 5.98. The van der Waals surface area contributed by atoms with E-state index < -0.39 is 29.4 Å². The summed E-state index contributed by atoms with van der Waals surface area (Å²) in [6.45, 7) is -0.361. The van der Waals surface area contributed by atoms with Crippen LogP contribution in [-0.4, -0.2) is 23.4 Å². The Morgan fingerprint density at radius 2 is 2.00 bits per heavy atom. The Balaban J connectivity index is 1.89. The first-order chi connectivity index (χ1) is 11.0. The number of ketones is 1. The van der Waals surface area contributed by atoms with E-state index in [1.54, 1.807) is 12.1 Å². The predicted molar refractivity (Wildman–Crippen MR) is 76.6 cm³/mol. The average Bonchev–Trinajstić information content (AvgIpc) is 3.04. The Morgan fingerprint density at radius 1 is 1.22 bits per heavy atom. The molecule has 1 amide bonds. The fourth-order valence-corrected chi connectivity index (χ4v) is 2.04. The molecule has 0 aliphatic heterocycles. The fraction of sp³-hybridized carbons (Fsp3) is 0.250. The number of furan rings is 1. The summed E-state index contributed by atoms with van der Waals surface area (Å²) < 4.78 is 31.3. The molecule has 0 saturated carbocycles. The molecular weight excluding hydrogens is 308 g/mol. The van der Waals surface area contributed by atoms with Gasteiger partial charge in [-0.15, -0.1) is 0 Å². The van der Waals surface area contributed by atoms with Gasteiger partial charge in [-0.3, -0.25) is 9.59 Å². The number of aliphatic hydroxyl groups excluding tert-OH is 1. The van der Waals surface area contributed by atoms with Crippen molar-refractivity contribution in [1.82, 2.24) is 5.32 Å². The van der Waals surface area contributed by atoms with Crippen LogP contribution in [0.2, 0.25) is 0 Å². The van der Waals surface area contributed by atoms with Crippen LogP contribution in [0.4, 0.5) is 8.78 Å². The lowest BCUT2D eigenvalue weighted by Gasteiger charge is -2.13. The van der Waals surface area contributed by atoms with Crippen molar-refractivity contribution in [2.75, 3.05) is 6.61 Å². The molecule has 1 heterocycles. The van der Waals surface area contributed by atoms with Crippen molar-refractivity contribution >= 4 is 11.7 Å². The van der Waals surface area contributed by atoms with Gasteiger partial charge in [-0.05, 0) is 24.3 Å². The maximum atomic E-state index is 13.5. The number of carbonyl (C=O) groups is 2. The number of halogens is 2. The molecule has 2 aromatic rings. The molecule has 0 bridgehead atoms. The molecule has 2 rings (SSSR count). The Bertz CT molecular complexity index is 685. The molecule has 23 heavy (non-hydrogen) atoms. The molecule has 0 aliphatic carbocycles. The number of hydrogen-bond acceptors (Lipinski definition) is 4. The molecule has 0 fully saturated rings. The van der Waals surface area contributed by atoms with E-state index in [1.807, 2.05) is 0 Å².